The predicted molar refractivity (Wildman–Crippen MR) is 116 cm³/mol. The van der Waals surface area contributed by atoms with Gasteiger partial charge in [-0.3, -0.25) is 9.71 Å². The van der Waals surface area contributed by atoms with E-state index in [1.54, 1.807) is 30.2 Å². The topological polar surface area (TPSA) is 111 Å². The summed E-state index contributed by atoms with van der Waals surface area (Å²) in [6.45, 7) is 1.75. The van der Waals surface area contributed by atoms with Gasteiger partial charge in [-0.1, -0.05) is 6.92 Å². The summed E-state index contributed by atoms with van der Waals surface area (Å²) < 4.78 is 40.8. The first-order valence-electron chi connectivity index (χ1n) is 9.18. The Bertz CT molecular complexity index is 1240. The van der Waals surface area contributed by atoms with Gasteiger partial charge in [0.2, 0.25) is 10.0 Å². The summed E-state index contributed by atoms with van der Waals surface area (Å²) in [7, 11) is 0.103. The molecular weight excluding hydrogens is 407 g/mol. The third-order valence-electron chi connectivity index (χ3n) is 4.25. The minimum Gasteiger partial charge on any atom is -0.361 e. The molecule has 0 aliphatic heterocycles. The lowest BCUT2D eigenvalue weighted by atomic mass is 10.1. The molecule has 0 atom stereocenters. The fraction of sp³-hybridized carbons (Fsp3) is 0.250. The highest BCUT2D eigenvalue weighted by Gasteiger charge is 2.15. The van der Waals surface area contributed by atoms with Crippen LogP contribution < -0.4 is 14.9 Å². The smallest absolute Gasteiger partial charge is 0.232 e. The van der Waals surface area contributed by atoms with Crippen LogP contribution in [-0.2, 0) is 10.0 Å². The van der Waals surface area contributed by atoms with E-state index in [-0.39, 0.29) is 22.7 Å². The molecule has 8 nitrogen and oxygen atoms in total. The van der Waals surface area contributed by atoms with Crippen molar-refractivity contribution in [2.45, 2.75) is 13.3 Å². The van der Waals surface area contributed by atoms with E-state index in [1.807, 2.05) is 14.1 Å². The monoisotopic (exact) mass is 428 g/mol. The quantitative estimate of drug-likeness (QED) is 0.591. The molecule has 0 saturated carbocycles. The first-order chi connectivity index (χ1) is 14.2. The lowest BCUT2D eigenvalue weighted by Crippen LogP contribution is -2.16. The molecule has 0 bridgehead atoms. The molecule has 2 N–H and O–H groups in total. The van der Waals surface area contributed by atoms with Gasteiger partial charge in [-0.15, -0.1) is 0 Å². The molecule has 3 aromatic rings. The van der Waals surface area contributed by atoms with Crippen LogP contribution in [-0.4, -0.2) is 38.2 Å². The summed E-state index contributed by atoms with van der Waals surface area (Å²) in [4.78, 5) is 10.6. The van der Waals surface area contributed by atoms with Crippen LogP contribution in [0.2, 0.25) is 0 Å². The molecule has 0 spiro atoms. The molecule has 3 rings (SSSR count). The van der Waals surface area contributed by atoms with Gasteiger partial charge in [0.15, 0.2) is 0 Å². The fourth-order valence-corrected chi connectivity index (χ4v) is 3.96. The van der Waals surface area contributed by atoms with E-state index >= 15 is 0 Å². The van der Waals surface area contributed by atoms with Gasteiger partial charge in [0.25, 0.3) is 0 Å². The fourth-order valence-electron chi connectivity index (χ4n) is 2.83. The molecule has 30 heavy (non-hydrogen) atoms. The van der Waals surface area contributed by atoms with Gasteiger partial charge >= 0.3 is 0 Å². The number of hydrogen-bond donors (Lipinski definition) is 2. The number of fused-ring (bicyclic) bond motifs is 1. The summed E-state index contributed by atoms with van der Waals surface area (Å²) in [6, 6.07) is 9.22. The van der Waals surface area contributed by atoms with Crippen LogP contribution >= 0.6 is 0 Å². The van der Waals surface area contributed by atoms with Crippen molar-refractivity contribution >= 4 is 43.9 Å². The summed E-state index contributed by atoms with van der Waals surface area (Å²) in [5, 5.41) is 12.6. The minimum atomic E-state index is -3.52. The molecule has 2 aromatic carbocycles. The van der Waals surface area contributed by atoms with E-state index in [4.69, 9.17) is 0 Å². The highest BCUT2D eigenvalue weighted by molar-refractivity contribution is 7.92. The first kappa shape index (κ1) is 21.3. The summed E-state index contributed by atoms with van der Waals surface area (Å²) >= 11 is 0. The van der Waals surface area contributed by atoms with Gasteiger partial charge < -0.3 is 10.2 Å². The highest BCUT2D eigenvalue weighted by atomic mass is 32.2. The molecule has 0 saturated heterocycles. The second kappa shape index (κ2) is 8.51. The molecule has 0 radical (unpaired) electrons. The number of halogens is 1. The van der Waals surface area contributed by atoms with Gasteiger partial charge in [-0.2, -0.15) is 5.26 Å². The zero-order valence-electron chi connectivity index (χ0n) is 16.8. The number of nitrogens with one attached hydrogen (secondary N) is 2. The largest absolute Gasteiger partial charge is 0.361 e. The van der Waals surface area contributed by atoms with Crippen molar-refractivity contribution in [3.63, 3.8) is 0 Å². The lowest BCUT2D eigenvalue weighted by molar-refractivity contribution is 0.599. The summed E-state index contributed by atoms with van der Waals surface area (Å²) in [6.07, 6.45) is 2.06. The zero-order valence-corrected chi connectivity index (χ0v) is 17.6. The molecular formula is C20H21FN6O2S. The van der Waals surface area contributed by atoms with E-state index in [2.05, 4.69) is 26.1 Å². The van der Waals surface area contributed by atoms with Crippen molar-refractivity contribution in [3.05, 3.63) is 47.9 Å². The number of sulfonamides is 1. The lowest BCUT2D eigenvalue weighted by Gasteiger charge is -2.15. The Labute approximate surface area is 174 Å². The second-order valence-corrected chi connectivity index (χ2v) is 8.67. The van der Waals surface area contributed by atoms with Gasteiger partial charge in [0.1, 0.15) is 28.8 Å². The molecule has 1 aromatic heterocycles. The van der Waals surface area contributed by atoms with E-state index < -0.39 is 15.8 Å². The maximum Gasteiger partial charge on any atom is 0.232 e. The number of benzene rings is 2. The maximum absolute atomic E-state index is 14.4. The van der Waals surface area contributed by atoms with E-state index in [9.17, 15) is 18.1 Å². The Balaban J connectivity index is 2.01. The van der Waals surface area contributed by atoms with E-state index in [0.29, 0.717) is 29.0 Å². The zero-order chi connectivity index (χ0) is 21.9. The number of nitrogens with zero attached hydrogens (tertiary/aromatic N) is 4. The van der Waals surface area contributed by atoms with Gasteiger partial charge in [-0.05, 0) is 36.8 Å². The minimum absolute atomic E-state index is 0.0271. The van der Waals surface area contributed by atoms with Crippen LogP contribution in [0.1, 0.15) is 18.9 Å². The normalized spacial score (nSPS) is 11.2. The third-order valence-corrected chi connectivity index (χ3v) is 5.75. The van der Waals surface area contributed by atoms with Crippen molar-refractivity contribution in [1.29, 1.82) is 5.26 Å². The van der Waals surface area contributed by atoms with Crippen molar-refractivity contribution in [3.8, 4) is 6.07 Å². The van der Waals surface area contributed by atoms with Crippen molar-refractivity contribution in [2.75, 3.05) is 34.8 Å². The third kappa shape index (κ3) is 4.58. The molecule has 156 valence electrons. The predicted octanol–water partition coefficient (Wildman–Crippen LogP) is 3.60. The maximum atomic E-state index is 14.4. The molecule has 0 aliphatic rings. The van der Waals surface area contributed by atoms with E-state index in [1.165, 1.54) is 12.1 Å². The van der Waals surface area contributed by atoms with Gasteiger partial charge in [-0.25, -0.2) is 17.8 Å². The van der Waals surface area contributed by atoms with Crippen molar-refractivity contribution < 1.29 is 12.8 Å². The number of rotatable bonds is 7. The van der Waals surface area contributed by atoms with Crippen LogP contribution in [0.15, 0.2) is 36.5 Å². The SMILES string of the molecule is CCCS(=O)(=O)Nc1ccc(F)c(Nc2ccc3ncc(N(C)C)nc3c2C#N)c1. The first-order valence-corrected chi connectivity index (χ1v) is 10.8. The summed E-state index contributed by atoms with van der Waals surface area (Å²) in [5.41, 5.74) is 1.71. The molecule has 0 fully saturated rings. The highest BCUT2D eigenvalue weighted by Crippen LogP contribution is 2.30. The molecule has 10 heteroatoms. The second-order valence-electron chi connectivity index (χ2n) is 6.83. The Morgan fingerprint density at radius 2 is 1.97 bits per heavy atom. The van der Waals surface area contributed by atoms with Gasteiger partial charge in [0, 0.05) is 14.1 Å². The number of nitriles is 1. The average molecular weight is 428 g/mol. The van der Waals surface area contributed by atoms with Crippen LogP contribution in [0.25, 0.3) is 11.0 Å². The summed E-state index contributed by atoms with van der Waals surface area (Å²) in [5.74, 6) is -0.0521. The molecule has 1 heterocycles. The van der Waals surface area contributed by atoms with E-state index in [0.717, 1.165) is 6.07 Å². The Morgan fingerprint density at radius 1 is 1.20 bits per heavy atom. The van der Waals surface area contributed by atoms with Crippen molar-refractivity contribution in [1.82, 2.24) is 9.97 Å². The molecule has 0 amide bonds. The Kier molecular flexibility index (Phi) is 6.03. The van der Waals surface area contributed by atoms with Crippen LogP contribution in [0, 0.1) is 17.1 Å². The standard InChI is InChI=1S/C20H21FN6O2S/c1-4-9-30(28,29)26-13-5-6-15(21)18(10-13)24-16-7-8-17-20(14(16)11-22)25-19(12-23-17)27(2)3/h5-8,10,12,24,26H,4,9H2,1-3H3. The Hall–Kier alpha value is -3.45. The van der Waals surface area contributed by atoms with Crippen molar-refractivity contribution in [2.24, 2.45) is 0 Å². The molecule has 0 aliphatic carbocycles. The average Bonchev–Trinajstić information content (AvgIpc) is 2.69. The van der Waals surface area contributed by atoms with Crippen LogP contribution in [0.5, 0.6) is 0 Å². The number of hydrogen-bond acceptors (Lipinski definition) is 7. The van der Waals surface area contributed by atoms with Crippen LogP contribution in [0.4, 0.5) is 27.3 Å². The molecule has 0 unspecified atom stereocenters. The number of aromatic nitrogens is 2. The Morgan fingerprint density at radius 3 is 2.63 bits per heavy atom. The van der Waals surface area contributed by atoms with Gasteiger partial charge in [0.05, 0.1) is 34.5 Å². The number of anilines is 4. The van der Waals surface area contributed by atoms with Crippen LogP contribution in [0.3, 0.4) is 0 Å².